The summed E-state index contributed by atoms with van der Waals surface area (Å²) in [5.74, 6) is 3.31. The second-order valence-electron chi connectivity index (χ2n) is 7.61. The Morgan fingerprint density at radius 2 is 1.51 bits per heavy atom. The second-order valence-corrected chi connectivity index (χ2v) is 7.61. The van der Waals surface area contributed by atoms with E-state index in [-0.39, 0.29) is 30.5 Å². The summed E-state index contributed by atoms with van der Waals surface area (Å²) in [4.78, 5) is 34.9. The van der Waals surface area contributed by atoms with Crippen LogP contribution in [0.1, 0.15) is 17.0 Å². The van der Waals surface area contributed by atoms with Gasteiger partial charge in [0.2, 0.25) is 0 Å². The molecule has 0 aromatic heterocycles. The van der Waals surface area contributed by atoms with Crippen LogP contribution >= 0.6 is 0 Å². The number of alkyl carbamates (subject to hydrolysis) is 1. The minimum absolute atomic E-state index is 0.0478. The van der Waals surface area contributed by atoms with Crippen LogP contribution in [0.25, 0.3) is 11.1 Å². The number of carboxylic acids is 1. The standard InChI is InChI=1S/C27H22N2O6/c30-25(29-23-12-5-6-13-24(23)34-17-26(31)32)14-7-15-28-27(33)35-16-22-20-10-3-1-8-18(20)19-9-2-4-11-21(19)22/h1-6,8-13,22H,15-17H2,(H,28,33)(H,29,30)(H,31,32). The number of rotatable bonds is 7. The number of para-hydroxylation sites is 2. The van der Waals surface area contributed by atoms with E-state index in [2.05, 4.69) is 34.6 Å². The molecule has 1 aliphatic carbocycles. The summed E-state index contributed by atoms with van der Waals surface area (Å²) in [5.41, 5.74) is 4.81. The van der Waals surface area contributed by atoms with Crippen molar-refractivity contribution in [1.29, 1.82) is 0 Å². The van der Waals surface area contributed by atoms with Crippen LogP contribution in [-0.4, -0.2) is 42.8 Å². The van der Waals surface area contributed by atoms with Gasteiger partial charge in [-0.3, -0.25) is 4.79 Å². The Labute approximate surface area is 201 Å². The fourth-order valence-corrected chi connectivity index (χ4v) is 3.88. The van der Waals surface area contributed by atoms with Gasteiger partial charge in [-0.2, -0.15) is 0 Å². The van der Waals surface area contributed by atoms with Gasteiger partial charge in [-0.05, 0) is 40.3 Å². The number of carboxylic acid groups (broad SMARTS) is 1. The molecule has 0 fully saturated rings. The molecule has 35 heavy (non-hydrogen) atoms. The maximum absolute atomic E-state index is 12.2. The normalized spacial score (nSPS) is 11.3. The lowest BCUT2D eigenvalue weighted by molar-refractivity contribution is -0.139. The van der Waals surface area contributed by atoms with Crippen molar-refractivity contribution in [3.63, 3.8) is 0 Å². The molecule has 0 atom stereocenters. The number of benzene rings is 3. The topological polar surface area (TPSA) is 114 Å². The van der Waals surface area contributed by atoms with Gasteiger partial charge in [-0.1, -0.05) is 66.6 Å². The number of anilines is 1. The molecule has 0 radical (unpaired) electrons. The summed E-state index contributed by atoms with van der Waals surface area (Å²) in [7, 11) is 0. The van der Waals surface area contributed by atoms with Crippen molar-refractivity contribution in [1.82, 2.24) is 5.32 Å². The van der Waals surface area contributed by atoms with Crippen LogP contribution in [0.2, 0.25) is 0 Å². The van der Waals surface area contributed by atoms with E-state index in [0.29, 0.717) is 0 Å². The minimum Gasteiger partial charge on any atom is -0.480 e. The minimum atomic E-state index is -1.13. The molecule has 0 saturated heterocycles. The van der Waals surface area contributed by atoms with E-state index in [1.165, 1.54) is 6.07 Å². The first-order valence-corrected chi connectivity index (χ1v) is 10.8. The largest absolute Gasteiger partial charge is 0.480 e. The van der Waals surface area contributed by atoms with E-state index in [1.54, 1.807) is 18.2 Å². The highest BCUT2D eigenvalue weighted by molar-refractivity contribution is 6.04. The van der Waals surface area contributed by atoms with E-state index in [4.69, 9.17) is 14.6 Å². The van der Waals surface area contributed by atoms with Crippen molar-refractivity contribution in [2.45, 2.75) is 5.92 Å². The zero-order valence-electron chi connectivity index (χ0n) is 18.6. The van der Waals surface area contributed by atoms with Gasteiger partial charge in [0.05, 0.1) is 12.2 Å². The van der Waals surface area contributed by atoms with Crippen LogP contribution < -0.4 is 15.4 Å². The summed E-state index contributed by atoms with van der Waals surface area (Å²) < 4.78 is 10.6. The third kappa shape index (κ3) is 5.78. The monoisotopic (exact) mass is 470 g/mol. The van der Waals surface area contributed by atoms with Gasteiger partial charge in [0.15, 0.2) is 6.61 Å². The molecular weight excluding hydrogens is 448 g/mol. The first kappa shape index (κ1) is 23.4. The third-order valence-corrected chi connectivity index (χ3v) is 5.35. The van der Waals surface area contributed by atoms with Crippen molar-refractivity contribution >= 4 is 23.7 Å². The number of carbonyl (C=O) groups excluding carboxylic acids is 2. The van der Waals surface area contributed by atoms with E-state index < -0.39 is 24.6 Å². The average Bonchev–Trinajstić information content (AvgIpc) is 3.18. The number of hydrogen-bond acceptors (Lipinski definition) is 5. The van der Waals surface area contributed by atoms with Crippen molar-refractivity contribution in [2.75, 3.05) is 25.1 Å². The third-order valence-electron chi connectivity index (χ3n) is 5.35. The lowest BCUT2D eigenvalue weighted by Gasteiger charge is -2.14. The molecule has 0 bridgehead atoms. The fraction of sp³-hybridized carbons (Fsp3) is 0.148. The molecule has 2 amide bonds. The van der Waals surface area contributed by atoms with E-state index in [1.807, 2.05) is 36.4 Å². The molecule has 176 valence electrons. The molecule has 8 heteroatoms. The predicted molar refractivity (Wildman–Crippen MR) is 129 cm³/mol. The smallest absolute Gasteiger partial charge is 0.407 e. The van der Waals surface area contributed by atoms with Gasteiger partial charge >= 0.3 is 12.1 Å². The highest BCUT2D eigenvalue weighted by Gasteiger charge is 2.28. The zero-order chi connectivity index (χ0) is 24.6. The second kappa shape index (κ2) is 10.9. The summed E-state index contributed by atoms with van der Waals surface area (Å²) in [6, 6.07) is 22.5. The first-order valence-electron chi connectivity index (χ1n) is 10.8. The zero-order valence-corrected chi connectivity index (χ0v) is 18.6. The van der Waals surface area contributed by atoms with Gasteiger partial charge in [0, 0.05) is 5.92 Å². The Kier molecular flexibility index (Phi) is 7.28. The number of aliphatic carboxylic acids is 1. The predicted octanol–water partition coefficient (Wildman–Crippen LogP) is 3.63. The quantitative estimate of drug-likeness (QED) is 0.455. The molecule has 8 nitrogen and oxygen atoms in total. The summed E-state index contributed by atoms with van der Waals surface area (Å²) >= 11 is 0. The maximum atomic E-state index is 12.2. The molecular formula is C27H22N2O6. The van der Waals surface area contributed by atoms with Crippen molar-refractivity contribution in [2.24, 2.45) is 0 Å². The lowest BCUT2D eigenvalue weighted by atomic mass is 9.98. The molecule has 0 spiro atoms. The number of nitrogens with one attached hydrogen (secondary N) is 2. The first-order chi connectivity index (χ1) is 17.0. The van der Waals surface area contributed by atoms with Crippen LogP contribution in [-0.2, 0) is 14.3 Å². The van der Waals surface area contributed by atoms with Crippen molar-refractivity contribution in [3.05, 3.63) is 83.9 Å². The van der Waals surface area contributed by atoms with Crippen LogP contribution in [0, 0.1) is 11.8 Å². The van der Waals surface area contributed by atoms with Crippen molar-refractivity contribution in [3.8, 4) is 28.7 Å². The Morgan fingerprint density at radius 3 is 2.20 bits per heavy atom. The van der Waals surface area contributed by atoms with Gasteiger partial charge in [-0.15, -0.1) is 0 Å². The number of hydrogen-bond donors (Lipinski definition) is 3. The number of amides is 2. The Morgan fingerprint density at radius 1 is 0.886 bits per heavy atom. The van der Waals surface area contributed by atoms with Gasteiger partial charge in [-0.25, -0.2) is 9.59 Å². The Hall–Kier alpha value is -4.77. The summed E-state index contributed by atoms with van der Waals surface area (Å²) in [6.07, 6.45) is -0.631. The van der Waals surface area contributed by atoms with E-state index >= 15 is 0 Å². The summed E-state index contributed by atoms with van der Waals surface area (Å²) in [6.45, 7) is -0.440. The van der Waals surface area contributed by atoms with Crippen LogP contribution in [0.15, 0.2) is 72.8 Å². The summed E-state index contributed by atoms with van der Waals surface area (Å²) in [5, 5.41) is 13.8. The Bertz CT molecular complexity index is 1280. The molecule has 4 rings (SSSR count). The van der Waals surface area contributed by atoms with Gasteiger partial charge < -0.3 is 25.2 Å². The fourth-order valence-electron chi connectivity index (χ4n) is 3.88. The molecule has 0 heterocycles. The highest BCUT2D eigenvalue weighted by Crippen LogP contribution is 2.44. The maximum Gasteiger partial charge on any atom is 0.407 e. The van der Waals surface area contributed by atoms with Crippen LogP contribution in [0.3, 0.4) is 0 Å². The average molecular weight is 470 g/mol. The van der Waals surface area contributed by atoms with Crippen LogP contribution in [0.4, 0.5) is 10.5 Å². The van der Waals surface area contributed by atoms with E-state index in [0.717, 1.165) is 22.3 Å². The number of fused-ring (bicyclic) bond motifs is 3. The molecule has 0 aliphatic heterocycles. The molecule has 3 N–H and O–H groups in total. The molecule has 3 aromatic carbocycles. The SMILES string of the molecule is O=C(O)COc1ccccc1NC(=O)C#CCNC(=O)OCC1c2ccccc2-c2ccccc21. The Balaban J connectivity index is 1.27. The van der Waals surface area contributed by atoms with Gasteiger partial charge in [0.25, 0.3) is 5.91 Å². The molecule has 1 aliphatic rings. The lowest BCUT2D eigenvalue weighted by Crippen LogP contribution is -2.26. The van der Waals surface area contributed by atoms with Crippen LogP contribution in [0.5, 0.6) is 5.75 Å². The molecule has 0 unspecified atom stereocenters. The van der Waals surface area contributed by atoms with Crippen molar-refractivity contribution < 1.29 is 29.0 Å². The highest BCUT2D eigenvalue weighted by atomic mass is 16.5. The van der Waals surface area contributed by atoms with E-state index in [9.17, 15) is 14.4 Å². The number of ether oxygens (including phenoxy) is 2. The number of carbonyl (C=O) groups is 3. The van der Waals surface area contributed by atoms with Gasteiger partial charge in [0.1, 0.15) is 12.4 Å². The molecule has 0 saturated carbocycles. The molecule has 3 aromatic rings.